The van der Waals surface area contributed by atoms with E-state index in [2.05, 4.69) is 38.2 Å². The highest BCUT2D eigenvalue weighted by Gasteiger charge is 2.38. The standard InChI is InChI=1S/C56H97N9O15/c1-9-11-13-15-17-19-21-42(61-50(60-37(7)68)23-24-59-64-58)47(70)29-40(33-66)55(79)63-44(25-35(3)4)48(71)30-41(34-67)56(80)65(8)45(26-36(5)6)49(72)28-39(32-52(75)76)54(78)62-43(22-20-18-16-14-12-10-2)46(69)27-38(53(57)77)31-51(73)74/h35-36,38-45,50,58,61,66-67H,9-34H2,1-8H3,(H6-,57,60,62,63,68,73,74,75,76,77,78,79)/p+1/t38-,39-,40-,41-,42-,43-,44-,45-,50?/m0/s1. The number of unbranched alkanes of at least 4 members (excludes halogenated alkanes) is 10. The molecular formula is C56H98N9O15+. The molecule has 24 nitrogen and oxygen atoms in total. The molecule has 0 saturated carbocycles. The molecule has 11 N–H and O–H groups in total. The summed E-state index contributed by atoms with van der Waals surface area (Å²) in [5.74, 6) is -15.5. The van der Waals surface area contributed by atoms with Gasteiger partial charge >= 0.3 is 11.9 Å². The summed E-state index contributed by atoms with van der Waals surface area (Å²) in [5.41, 5.74) is 12.4. The maximum Gasteiger partial charge on any atom is 0.304 e. The van der Waals surface area contributed by atoms with E-state index in [1.165, 1.54) is 14.0 Å². The van der Waals surface area contributed by atoms with E-state index in [4.69, 9.17) is 11.3 Å². The third-order valence-electron chi connectivity index (χ3n) is 14.0. The van der Waals surface area contributed by atoms with Gasteiger partial charge in [0.25, 0.3) is 0 Å². The Balaban J connectivity index is 6.63. The normalized spacial score (nSPS) is 14.7. The van der Waals surface area contributed by atoms with Crippen LogP contribution in [0, 0.1) is 41.0 Å². The third kappa shape index (κ3) is 31.8. The van der Waals surface area contributed by atoms with E-state index in [0.717, 1.165) is 62.7 Å². The minimum absolute atomic E-state index is 0.0143. The Kier molecular flexibility index (Phi) is 39.0. The Hall–Kier alpha value is -5.84. The first kappa shape index (κ1) is 74.2. The van der Waals surface area contributed by atoms with E-state index in [0.29, 0.717) is 25.7 Å². The van der Waals surface area contributed by atoms with Crippen molar-refractivity contribution in [2.45, 2.75) is 226 Å². The van der Waals surface area contributed by atoms with Crippen molar-refractivity contribution in [1.29, 1.82) is 5.53 Å². The molecule has 0 aromatic rings. The smallest absolute Gasteiger partial charge is 0.304 e. The number of nitrogens with one attached hydrogen (secondary N) is 5. The zero-order valence-electron chi connectivity index (χ0n) is 48.9. The lowest BCUT2D eigenvalue weighted by atomic mass is 9.88. The van der Waals surface area contributed by atoms with Crippen molar-refractivity contribution in [3.05, 3.63) is 0 Å². The van der Waals surface area contributed by atoms with E-state index in [1.807, 2.05) is 6.92 Å². The van der Waals surface area contributed by atoms with Gasteiger partial charge < -0.3 is 47.0 Å². The fourth-order valence-corrected chi connectivity index (χ4v) is 9.50. The summed E-state index contributed by atoms with van der Waals surface area (Å²) in [5, 5.41) is 55.1. The zero-order chi connectivity index (χ0) is 60.9. The molecule has 0 aliphatic carbocycles. The molecule has 456 valence electrons. The van der Waals surface area contributed by atoms with Crippen LogP contribution in [-0.2, 0) is 52.7 Å². The first-order valence-corrected chi connectivity index (χ1v) is 28.8. The number of likely N-dealkylation sites (N-methyl/N-ethyl adjacent to an activating group) is 1. The molecule has 0 aliphatic rings. The maximum absolute atomic E-state index is 14.3. The molecule has 5 amide bonds. The SMILES string of the molecule is CCCCCCCC[C@H](NC(=O)[C@H](CC(=O)O)CC(=O)[C@H](CC(C)C)N(C)C(=O)[C@H](CO)CC(=O)[C@H](CC(C)C)NC(=O)[C@H](CO)CC(=O)[C@H](CCCCCCCC)NC(CCN=[N+]=N)NC(C)=O)C(=O)C[C@@H](CC(=O)O)C(N)=O. The molecule has 0 heterocycles. The van der Waals surface area contributed by atoms with Crippen LogP contribution >= 0.6 is 0 Å². The Morgan fingerprint density at radius 2 is 0.988 bits per heavy atom. The van der Waals surface area contributed by atoms with Crippen LogP contribution in [0.15, 0.2) is 5.11 Å². The van der Waals surface area contributed by atoms with Crippen LogP contribution in [0.5, 0.6) is 0 Å². The molecule has 0 aromatic heterocycles. The number of carbonyl (C=O) groups is 11. The summed E-state index contributed by atoms with van der Waals surface area (Å²) < 4.78 is 0. The molecule has 80 heavy (non-hydrogen) atoms. The Labute approximate surface area is 472 Å². The first-order valence-electron chi connectivity index (χ1n) is 28.8. The number of nitrogens with zero attached hydrogens (tertiary/aromatic N) is 3. The van der Waals surface area contributed by atoms with Crippen LogP contribution in [0.3, 0.4) is 0 Å². The predicted molar refractivity (Wildman–Crippen MR) is 297 cm³/mol. The van der Waals surface area contributed by atoms with Gasteiger partial charge in [0.2, 0.25) is 34.4 Å². The number of hydrogen-bond donors (Lipinski definition) is 10. The van der Waals surface area contributed by atoms with Gasteiger partial charge in [-0.2, -0.15) is 0 Å². The van der Waals surface area contributed by atoms with Gasteiger partial charge in [0, 0.05) is 46.1 Å². The second-order valence-electron chi connectivity index (χ2n) is 22.1. The van der Waals surface area contributed by atoms with Gasteiger partial charge in [0.05, 0.1) is 80.1 Å². The molecule has 0 rings (SSSR count). The number of rotatable bonds is 49. The molecule has 0 aliphatic heterocycles. The number of aliphatic carboxylic acids is 2. The zero-order valence-corrected chi connectivity index (χ0v) is 48.9. The van der Waals surface area contributed by atoms with Crippen LogP contribution in [-0.4, -0.2) is 147 Å². The molecular weight excluding hydrogens is 1040 g/mol. The van der Waals surface area contributed by atoms with Crippen molar-refractivity contribution < 1.29 is 73.2 Å². The van der Waals surface area contributed by atoms with Gasteiger partial charge in [-0.1, -0.05) is 119 Å². The maximum atomic E-state index is 14.3. The fourth-order valence-electron chi connectivity index (χ4n) is 9.50. The minimum atomic E-state index is -1.56. The van der Waals surface area contributed by atoms with Gasteiger partial charge in [0.15, 0.2) is 23.1 Å². The number of carboxylic acids is 2. The molecule has 0 spiro atoms. The average molecular weight is 1140 g/mol. The van der Waals surface area contributed by atoms with Crippen molar-refractivity contribution >= 4 is 64.6 Å². The summed E-state index contributed by atoms with van der Waals surface area (Å²) in [7, 11) is 1.28. The fraction of sp³-hybridized carbons (Fsp3) is 0.804. The third-order valence-corrected chi connectivity index (χ3v) is 14.0. The number of nitrogens with two attached hydrogens (primary N) is 1. The second kappa shape index (κ2) is 42.1. The van der Waals surface area contributed by atoms with Crippen LogP contribution in [0.1, 0.15) is 196 Å². The van der Waals surface area contributed by atoms with Crippen LogP contribution < -0.4 is 31.9 Å². The van der Waals surface area contributed by atoms with Crippen LogP contribution in [0.2, 0.25) is 0 Å². The Morgan fingerprint density at radius 3 is 1.48 bits per heavy atom. The molecule has 9 atom stereocenters. The number of amides is 5. The van der Waals surface area contributed by atoms with Crippen LogP contribution in [0.4, 0.5) is 0 Å². The predicted octanol–water partition coefficient (Wildman–Crippen LogP) is 4.46. The lowest BCUT2D eigenvalue weighted by Gasteiger charge is -2.32. The minimum Gasteiger partial charge on any atom is -0.481 e. The second-order valence-corrected chi connectivity index (χ2v) is 22.1. The highest BCUT2D eigenvalue weighted by atomic mass is 16.4. The monoisotopic (exact) mass is 1140 g/mol. The largest absolute Gasteiger partial charge is 0.481 e. The van der Waals surface area contributed by atoms with E-state index < -0.39 is 164 Å². The molecule has 0 bridgehead atoms. The molecule has 24 heteroatoms. The summed E-state index contributed by atoms with van der Waals surface area (Å²) in [4.78, 5) is 150. The summed E-state index contributed by atoms with van der Waals surface area (Å²) >= 11 is 0. The number of primary amides is 1. The van der Waals surface area contributed by atoms with Crippen molar-refractivity contribution in [2.24, 2.45) is 46.4 Å². The number of carboxylic acid groups (broad SMARTS) is 2. The van der Waals surface area contributed by atoms with Crippen LogP contribution in [0.25, 0.3) is 0 Å². The number of hydrogen-bond acceptors (Lipinski definition) is 16. The van der Waals surface area contributed by atoms with E-state index in [-0.39, 0.29) is 50.0 Å². The molecule has 1 unspecified atom stereocenters. The van der Waals surface area contributed by atoms with Crippen molar-refractivity contribution in [3.63, 3.8) is 0 Å². The number of Topliss-reactive ketones (excluding diaryl/α,β-unsaturated/α-hetero) is 4. The van der Waals surface area contributed by atoms with Gasteiger partial charge in [-0.3, -0.25) is 58.1 Å². The average Bonchev–Trinajstić information content (AvgIpc) is 3.37. The molecule has 0 aromatic carbocycles. The molecule has 0 fully saturated rings. The first-order chi connectivity index (χ1) is 37.8. The quantitative estimate of drug-likeness (QED) is 0.0174. The number of aliphatic hydroxyl groups is 2. The number of aliphatic hydroxyl groups excluding tert-OH is 2. The lowest BCUT2D eigenvalue weighted by Crippen LogP contribution is -2.53. The van der Waals surface area contributed by atoms with Gasteiger partial charge in [-0.15, -0.1) is 0 Å². The Morgan fingerprint density at radius 1 is 0.550 bits per heavy atom. The van der Waals surface area contributed by atoms with Gasteiger partial charge in [0.1, 0.15) is 17.2 Å². The highest BCUT2D eigenvalue weighted by molar-refractivity contribution is 5.98. The van der Waals surface area contributed by atoms with Crippen molar-refractivity contribution in [3.8, 4) is 0 Å². The highest BCUT2D eigenvalue weighted by Crippen LogP contribution is 2.24. The molecule has 0 radical (unpaired) electrons. The van der Waals surface area contributed by atoms with Gasteiger partial charge in [-0.25, -0.2) is 0 Å². The van der Waals surface area contributed by atoms with E-state index in [9.17, 15) is 73.2 Å². The Bertz CT molecular complexity index is 2030. The number of ketones is 4. The lowest BCUT2D eigenvalue weighted by molar-refractivity contribution is -0.146. The van der Waals surface area contributed by atoms with E-state index >= 15 is 0 Å². The molecule has 0 saturated heterocycles. The number of carbonyl (C=O) groups excluding carboxylic acids is 9. The topological polar surface area (TPSA) is 396 Å². The summed E-state index contributed by atoms with van der Waals surface area (Å²) in [6, 6.07) is -4.67. The van der Waals surface area contributed by atoms with Crippen molar-refractivity contribution in [1.82, 2.24) is 31.1 Å². The summed E-state index contributed by atoms with van der Waals surface area (Å²) in [6.45, 7) is 11.0. The van der Waals surface area contributed by atoms with Gasteiger partial charge in [-0.05, 0) is 37.5 Å². The summed E-state index contributed by atoms with van der Waals surface area (Å²) in [6.07, 6.45) is 6.43. The van der Waals surface area contributed by atoms with Crippen molar-refractivity contribution in [2.75, 3.05) is 26.8 Å². The van der Waals surface area contributed by atoms with E-state index in [1.54, 1.807) is 27.7 Å².